The number of hydrogen-bond donors (Lipinski definition) is 6. The number of aliphatic hydroxyl groups is 6. The summed E-state index contributed by atoms with van der Waals surface area (Å²) in [5.74, 6) is -0.514. The number of ether oxygens (including phenoxy) is 5. The molecule has 2 aliphatic heterocycles. The molecule has 8 atom stereocenters. The van der Waals surface area contributed by atoms with Crippen LogP contribution >= 0.6 is 0 Å². The number of benzene rings is 1. The van der Waals surface area contributed by atoms with Gasteiger partial charge < -0.3 is 54.3 Å². The number of aliphatic hydroxyl groups excluding tert-OH is 5. The Morgan fingerprint density at radius 1 is 1.05 bits per heavy atom. The van der Waals surface area contributed by atoms with E-state index >= 15 is 0 Å². The SMILES string of the molecule is O=C(OC[C@@]1(O)CO[C@@H](O[C@H]2[C@H](Oc3ccc(CCO)cc3)O[C@H](CO)[C@@H](O)[C@@H]2O)[C@@H]1O)c1ccccn1. The van der Waals surface area contributed by atoms with Crippen LogP contribution in [0.4, 0.5) is 0 Å². The molecule has 38 heavy (non-hydrogen) atoms. The first-order valence-electron chi connectivity index (χ1n) is 12.0. The van der Waals surface area contributed by atoms with E-state index in [-0.39, 0.29) is 12.3 Å². The average molecular weight is 538 g/mol. The molecule has 0 saturated carbocycles. The second kappa shape index (κ2) is 12.4. The normalized spacial score (nSPS) is 33.2. The summed E-state index contributed by atoms with van der Waals surface area (Å²) in [5.41, 5.74) is -1.18. The number of carbonyl (C=O) groups excluding carboxylic acids is 1. The number of esters is 1. The zero-order chi connectivity index (χ0) is 27.3. The largest absolute Gasteiger partial charge is 0.462 e. The first-order valence-corrected chi connectivity index (χ1v) is 12.0. The van der Waals surface area contributed by atoms with Crippen LogP contribution < -0.4 is 4.74 Å². The molecule has 2 aromatic rings. The van der Waals surface area contributed by atoms with E-state index in [9.17, 15) is 30.3 Å². The van der Waals surface area contributed by atoms with Gasteiger partial charge in [-0.3, -0.25) is 0 Å². The molecule has 208 valence electrons. The molecular formula is C25H31NO12. The van der Waals surface area contributed by atoms with Crippen molar-refractivity contribution < 1.29 is 59.1 Å². The molecular weight excluding hydrogens is 506 g/mol. The van der Waals surface area contributed by atoms with E-state index in [1.54, 1.807) is 36.4 Å². The van der Waals surface area contributed by atoms with E-state index in [0.29, 0.717) is 12.2 Å². The van der Waals surface area contributed by atoms with Gasteiger partial charge in [0.05, 0.1) is 13.2 Å². The third-order valence-corrected chi connectivity index (χ3v) is 6.32. The first-order chi connectivity index (χ1) is 18.3. The lowest BCUT2D eigenvalue weighted by molar-refractivity contribution is -0.318. The Morgan fingerprint density at radius 2 is 1.82 bits per heavy atom. The van der Waals surface area contributed by atoms with E-state index in [0.717, 1.165) is 5.56 Å². The maximum atomic E-state index is 12.2. The third-order valence-electron chi connectivity index (χ3n) is 6.32. The van der Waals surface area contributed by atoms with Crippen molar-refractivity contribution in [1.82, 2.24) is 4.98 Å². The van der Waals surface area contributed by atoms with Crippen molar-refractivity contribution >= 4 is 5.97 Å². The van der Waals surface area contributed by atoms with Gasteiger partial charge in [0, 0.05) is 12.8 Å². The van der Waals surface area contributed by atoms with Gasteiger partial charge in [0.15, 0.2) is 18.0 Å². The van der Waals surface area contributed by atoms with Crippen molar-refractivity contribution in [3.63, 3.8) is 0 Å². The van der Waals surface area contributed by atoms with Crippen LogP contribution in [0.1, 0.15) is 16.1 Å². The number of nitrogens with zero attached hydrogens (tertiary/aromatic N) is 1. The fraction of sp³-hybridized carbons (Fsp3) is 0.520. The second-order valence-electron chi connectivity index (χ2n) is 9.06. The summed E-state index contributed by atoms with van der Waals surface area (Å²) in [6, 6.07) is 11.3. The predicted octanol–water partition coefficient (Wildman–Crippen LogP) is -1.88. The summed E-state index contributed by atoms with van der Waals surface area (Å²) in [6.45, 7) is -1.76. The highest BCUT2D eigenvalue weighted by atomic mass is 16.8. The highest BCUT2D eigenvalue weighted by molar-refractivity contribution is 5.87. The third kappa shape index (κ3) is 6.29. The number of rotatable bonds is 10. The number of hydrogen-bond acceptors (Lipinski definition) is 13. The smallest absolute Gasteiger partial charge is 0.357 e. The average Bonchev–Trinajstić information content (AvgIpc) is 3.21. The zero-order valence-corrected chi connectivity index (χ0v) is 20.3. The topological polar surface area (TPSA) is 197 Å². The molecule has 2 aliphatic rings. The van der Waals surface area contributed by atoms with Crippen molar-refractivity contribution in [3.05, 3.63) is 59.9 Å². The van der Waals surface area contributed by atoms with Crippen molar-refractivity contribution in [3.8, 4) is 5.75 Å². The maximum Gasteiger partial charge on any atom is 0.357 e. The van der Waals surface area contributed by atoms with Gasteiger partial charge >= 0.3 is 5.97 Å². The molecule has 0 amide bonds. The van der Waals surface area contributed by atoms with Crippen molar-refractivity contribution in [2.45, 2.75) is 55.1 Å². The van der Waals surface area contributed by atoms with Gasteiger partial charge in [-0.2, -0.15) is 0 Å². The predicted molar refractivity (Wildman–Crippen MR) is 126 cm³/mol. The Hall–Kier alpha value is -2.72. The summed E-state index contributed by atoms with van der Waals surface area (Å²) in [7, 11) is 0. The molecule has 13 nitrogen and oxygen atoms in total. The number of pyridine rings is 1. The summed E-state index contributed by atoms with van der Waals surface area (Å²) in [6.07, 6.45) is -8.58. The fourth-order valence-corrected chi connectivity index (χ4v) is 4.09. The second-order valence-corrected chi connectivity index (χ2v) is 9.06. The first kappa shape index (κ1) is 28.3. The molecule has 2 fully saturated rings. The van der Waals surface area contributed by atoms with Crippen molar-refractivity contribution in [2.24, 2.45) is 0 Å². The van der Waals surface area contributed by atoms with Crippen LogP contribution in [0.5, 0.6) is 5.75 Å². The molecule has 0 aliphatic carbocycles. The molecule has 1 aromatic carbocycles. The lowest BCUT2D eigenvalue weighted by Gasteiger charge is -2.42. The minimum atomic E-state index is -2.04. The molecule has 0 bridgehead atoms. The van der Waals surface area contributed by atoms with Crippen LogP contribution in [-0.2, 0) is 25.4 Å². The van der Waals surface area contributed by atoms with Crippen LogP contribution in [-0.4, -0.2) is 117 Å². The van der Waals surface area contributed by atoms with E-state index < -0.39 is 74.5 Å². The summed E-state index contributed by atoms with van der Waals surface area (Å²) < 4.78 is 27.6. The quantitative estimate of drug-likeness (QED) is 0.184. The van der Waals surface area contributed by atoms with E-state index in [2.05, 4.69) is 4.98 Å². The lowest BCUT2D eigenvalue weighted by Crippen LogP contribution is -2.62. The van der Waals surface area contributed by atoms with Crippen molar-refractivity contribution in [1.29, 1.82) is 0 Å². The molecule has 0 spiro atoms. The molecule has 1 aromatic heterocycles. The molecule has 4 rings (SSSR count). The van der Waals surface area contributed by atoms with E-state index in [1.165, 1.54) is 12.3 Å². The Bertz CT molecular complexity index is 1040. The molecule has 0 radical (unpaired) electrons. The Labute approximate surface area is 217 Å². The van der Waals surface area contributed by atoms with Crippen LogP contribution in [0, 0.1) is 0 Å². The summed E-state index contributed by atoms with van der Waals surface area (Å²) in [4.78, 5) is 16.0. The highest BCUT2D eigenvalue weighted by Crippen LogP contribution is 2.32. The fourth-order valence-electron chi connectivity index (χ4n) is 4.09. The van der Waals surface area contributed by atoms with Crippen molar-refractivity contribution in [2.75, 3.05) is 26.4 Å². The Balaban J connectivity index is 1.43. The standard InChI is InChI=1S/C25H31NO12/c27-10-8-14-4-6-15(7-5-14)36-23-20(19(30)18(29)17(11-28)37-23)38-24-21(31)25(33,13-35-24)12-34-22(32)16-3-1-2-9-26-16/h1-7,9,17-21,23-24,27-31,33H,8,10-13H2/t17-,18-,19+,20-,21+,23-,24+,25-/m1/s1. The number of carbonyl (C=O) groups is 1. The van der Waals surface area contributed by atoms with E-state index in [1.807, 2.05) is 0 Å². The summed E-state index contributed by atoms with van der Waals surface area (Å²) >= 11 is 0. The molecule has 6 N–H and O–H groups in total. The molecule has 13 heteroatoms. The van der Waals surface area contributed by atoms with Gasteiger partial charge in [0.1, 0.15) is 42.5 Å². The molecule has 3 heterocycles. The Kier molecular flexibility index (Phi) is 9.25. The zero-order valence-electron chi connectivity index (χ0n) is 20.3. The maximum absolute atomic E-state index is 12.2. The monoisotopic (exact) mass is 537 g/mol. The minimum absolute atomic E-state index is 0.0107. The van der Waals surface area contributed by atoms with Crippen LogP contribution in [0.2, 0.25) is 0 Å². The Morgan fingerprint density at radius 3 is 2.47 bits per heavy atom. The van der Waals surface area contributed by atoms with Gasteiger partial charge in [-0.1, -0.05) is 18.2 Å². The van der Waals surface area contributed by atoms with Gasteiger partial charge in [-0.05, 0) is 36.2 Å². The number of aromatic nitrogens is 1. The van der Waals surface area contributed by atoms with Crippen LogP contribution in [0.15, 0.2) is 48.7 Å². The summed E-state index contributed by atoms with van der Waals surface area (Å²) in [5, 5.41) is 61.3. The van der Waals surface area contributed by atoms with Gasteiger partial charge in [-0.25, -0.2) is 9.78 Å². The van der Waals surface area contributed by atoms with Gasteiger partial charge in [0.2, 0.25) is 6.29 Å². The highest BCUT2D eigenvalue weighted by Gasteiger charge is 2.54. The van der Waals surface area contributed by atoms with Crippen LogP contribution in [0.3, 0.4) is 0 Å². The molecule has 2 saturated heterocycles. The van der Waals surface area contributed by atoms with Crippen LogP contribution in [0.25, 0.3) is 0 Å². The molecule has 0 unspecified atom stereocenters. The van der Waals surface area contributed by atoms with Gasteiger partial charge in [-0.15, -0.1) is 0 Å². The minimum Gasteiger partial charge on any atom is -0.462 e. The van der Waals surface area contributed by atoms with E-state index in [4.69, 9.17) is 28.8 Å². The lowest BCUT2D eigenvalue weighted by atomic mass is 9.98. The van der Waals surface area contributed by atoms with Gasteiger partial charge in [0.25, 0.3) is 0 Å².